The summed E-state index contributed by atoms with van der Waals surface area (Å²) >= 11 is 0. The summed E-state index contributed by atoms with van der Waals surface area (Å²) in [4.78, 5) is 27.7. The number of ether oxygens (including phenoxy) is 2. The summed E-state index contributed by atoms with van der Waals surface area (Å²) in [7, 11) is 1.61. The first-order valence-electron chi connectivity index (χ1n) is 11.5. The van der Waals surface area contributed by atoms with Gasteiger partial charge in [-0.15, -0.1) is 0 Å². The van der Waals surface area contributed by atoms with Gasteiger partial charge in [-0.05, 0) is 61.1 Å². The lowest BCUT2D eigenvalue weighted by atomic mass is 9.87. The van der Waals surface area contributed by atoms with Crippen LogP contribution in [0.3, 0.4) is 0 Å². The Labute approximate surface area is 198 Å². The molecule has 0 fully saturated rings. The van der Waals surface area contributed by atoms with Gasteiger partial charge in [0.1, 0.15) is 17.5 Å². The molecule has 1 atom stereocenters. The van der Waals surface area contributed by atoms with Gasteiger partial charge in [0.05, 0.1) is 7.11 Å². The second-order valence-corrected chi connectivity index (χ2v) is 9.52. The molecule has 0 radical (unpaired) electrons. The van der Waals surface area contributed by atoms with Gasteiger partial charge in [-0.1, -0.05) is 52.0 Å². The van der Waals surface area contributed by atoms with Crippen LogP contribution in [0.5, 0.6) is 11.5 Å². The number of carbonyl (C=O) groups is 2. The molecule has 6 heteroatoms. The Balaban J connectivity index is 2.19. The largest absolute Gasteiger partial charge is 0.497 e. The van der Waals surface area contributed by atoms with E-state index in [2.05, 4.69) is 26.1 Å². The highest BCUT2D eigenvalue weighted by atomic mass is 16.5. The lowest BCUT2D eigenvalue weighted by Crippen LogP contribution is -2.51. The van der Waals surface area contributed by atoms with Crippen molar-refractivity contribution in [1.29, 1.82) is 0 Å². The van der Waals surface area contributed by atoms with Crippen LogP contribution in [-0.2, 0) is 21.5 Å². The molecule has 33 heavy (non-hydrogen) atoms. The van der Waals surface area contributed by atoms with Crippen molar-refractivity contribution >= 4 is 11.8 Å². The van der Waals surface area contributed by atoms with E-state index in [1.165, 1.54) is 5.56 Å². The van der Waals surface area contributed by atoms with Crippen molar-refractivity contribution in [3.05, 3.63) is 59.7 Å². The first-order chi connectivity index (χ1) is 15.5. The molecule has 0 saturated heterocycles. The van der Waals surface area contributed by atoms with Crippen molar-refractivity contribution in [3.63, 3.8) is 0 Å². The van der Waals surface area contributed by atoms with Crippen LogP contribution in [0.4, 0.5) is 0 Å². The summed E-state index contributed by atoms with van der Waals surface area (Å²) in [5, 5.41) is 2.93. The zero-order valence-corrected chi connectivity index (χ0v) is 21.0. The summed E-state index contributed by atoms with van der Waals surface area (Å²) in [6.07, 6.45) is 0.501. The second kappa shape index (κ2) is 11.7. The summed E-state index contributed by atoms with van der Waals surface area (Å²) in [6.45, 7) is 12.3. The summed E-state index contributed by atoms with van der Waals surface area (Å²) in [6, 6.07) is 14.7. The van der Waals surface area contributed by atoms with Gasteiger partial charge >= 0.3 is 0 Å². The maximum atomic E-state index is 13.3. The predicted molar refractivity (Wildman–Crippen MR) is 132 cm³/mol. The van der Waals surface area contributed by atoms with Gasteiger partial charge in [0, 0.05) is 12.6 Å². The molecule has 2 rings (SSSR count). The zero-order valence-electron chi connectivity index (χ0n) is 21.0. The Kier molecular flexibility index (Phi) is 9.32. The van der Waals surface area contributed by atoms with Crippen LogP contribution in [-0.4, -0.2) is 42.5 Å². The molecule has 2 aromatic carbocycles. The highest BCUT2D eigenvalue weighted by Gasteiger charge is 2.29. The van der Waals surface area contributed by atoms with Gasteiger partial charge in [-0.3, -0.25) is 9.59 Å². The Morgan fingerprint density at radius 1 is 0.970 bits per heavy atom. The van der Waals surface area contributed by atoms with E-state index in [9.17, 15) is 9.59 Å². The third kappa shape index (κ3) is 7.81. The van der Waals surface area contributed by atoms with E-state index in [0.717, 1.165) is 11.3 Å². The Hall–Kier alpha value is -3.02. The first kappa shape index (κ1) is 26.2. The highest BCUT2D eigenvalue weighted by Crippen LogP contribution is 2.24. The quantitative estimate of drug-likeness (QED) is 0.565. The number of benzene rings is 2. The molecule has 0 aromatic heterocycles. The molecule has 1 N–H and O–H groups in total. The normalized spacial score (nSPS) is 12.2. The Morgan fingerprint density at radius 3 is 2.03 bits per heavy atom. The van der Waals surface area contributed by atoms with E-state index < -0.39 is 6.04 Å². The maximum absolute atomic E-state index is 13.3. The summed E-state index contributed by atoms with van der Waals surface area (Å²) in [5.74, 6) is 0.962. The van der Waals surface area contributed by atoms with Crippen LogP contribution in [0, 0.1) is 0 Å². The van der Waals surface area contributed by atoms with Crippen molar-refractivity contribution in [2.24, 2.45) is 0 Å². The summed E-state index contributed by atoms with van der Waals surface area (Å²) < 4.78 is 11.0. The molecule has 0 bridgehead atoms. The molecular weight excluding hydrogens is 416 g/mol. The number of nitrogens with zero attached hydrogens (tertiary/aromatic N) is 1. The predicted octanol–water partition coefficient (Wildman–Crippen LogP) is 4.70. The van der Waals surface area contributed by atoms with Crippen molar-refractivity contribution in [2.45, 2.75) is 72.0 Å². The molecule has 0 spiro atoms. The van der Waals surface area contributed by atoms with E-state index in [4.69, 9.17) is 9.47 Å². The molecule has 0 aliphatic carbocycles. The minimum atomic E-state index is -0.589. The standard InChI is InChI=1S/C27H38N2O4/c1-8-24(26(31)28-19(2)3)29(17-20-9-13-22(32-7)14-10-20)25(30)18-33-23-15-11-21(12-16-23)27(4,5)6/h9-16,19,24H,8,17-18H2,1-7H3,(H,28,31). The van der Waals surface area contributed by atoms with E-state index in [1.54, 1.807) is 12.0 Å². The maximum Gasteiger partial charge on any atom is 0.261 e. The fourth-order valence-electron chi connectivity index (χ4n) is 3.51. The molecule has 0 saturated carbocycles. The van der Waals surface area contributed by atoms with Gasteiger partial charge in [0.15, 0.2) is 6.61 Å². The lowest BCUT2D eigenvalue weighted by Gasteiger charge is -2.31. The second-order valence-electron chi connectivity index (χ2n) is 9.52. The third-order valence-corrected chi connectivity index (χ3v) is 5.41. The van der Waals surface area contributed by atoms with Crippen LogP contribution < -0.4 is 14.8 Å². The van der Waals surface area contributed by atoms with Crippen LogP contribution in [0.15, 0.2) is 48.5 Å². The van der Waals surface area contributed by atoms with Crippen LogP contribution in [0.1, 0.15) is 59.1 Å². The highest BCUT2D eigenvalue weighted by molar-refractivity contribution is 5.88. The topological polar surface area (TPSA) is 67.9 Å². The minimum absolute atomic E-state index is 0.0120. The summed E-state index contributed by atoms with van der Waals surface area (Å²) in [5.41, 5.74) is 2.15. The average molecular weight is 455 g/mol. The van der Waals surface area contributed by atoms with Crippen molar-refractivity contribution in [1.82, 2.24) is 10.2 Å². The SMILES string of the molecule is CCC(C(=O)NC(C)C)N(Cc1ccc(OC)cc1)C(=O)COc1ccc(C(C)(C)C)cc1. The fraction of sp³-hybridized carbons (Fsp3) is 0.481. The molecule has 180 valence electrons. The van der Waals surface area contributed by atoms with Crippen LogP contribution in [0.2, 0.25) is 0 Å². The van der Waals surface area contributed by atoms with Crippen molar-refractivity contribution < 1.29 is 19.1 Å². The Morgan fingerprint density at radius 2 is 1.55 bits per heavy atom. The average Bonchev–Trinajstić information content (AvgIpc) is 2.77. The van der Waals surface area contributed by atoms with Crippen molar-refractivity contribution in [2.75, 3.05) is 13.7 Å². The first-order valence-corrected chi connectivity index (χ1v) is 11.5. The molecule has 0 aliphatic rings. The molecule has 2 aromatic rings. The van der Waals surface area contributed by atoms with E-state index in [-0.39, 0.29) is 29.9 Å². The molecule has 0 heterocycles. The number of hydrogen-bond acceptors (Lipinski definition) is 4. The number of nitrogens with one attached hydrogen (secondary N) is 1. The number of carbonyl (C=O) groups excluding carboxylic acids is 2. The fourth-order valence-corrected chi connectivity index (χ4v) is 3.51. The van der Waals surface area contributed by atoms with Gasteiger partial charge in [-0.25, -0.2) is 0 Å². The minimum Gasteiger partial charge on any atom is -0.497 e. The van der Waals surface area contributed by atoms with Gasteiger partial charge in [-0.2, -0.15) is 0 Å². The molecule has 0 aliphatic heterocycles. The van der Waals surface area contributed by atoms with E-state index in [0.29, 0.717) is 18.7 Å². The number of methoxy groups -OCH3 is 1. The zero-order chi connectivity index (χ0) is 24.6. The van der Waals surface area contributed by atoms with Gasteiger partial charge in [0.2, 0.25) is 5.91 Å². The van der Waals surface area contributed by atoms with Gasteiger partial charge < -0.3 is 19.7 Å². The van der Waals surface area contributed by atoms with Crippen molar-refractivity contribution in [3.8, 4) is 11.5 Å². The molecule has 6 nitrogen and oxygen atoms in total. The van der Waals surface area contributed by atoms with E-state index in [1.807, 2.05) is 69.3 Å². The Bertz CT molecular complexity index is 899. The third-order valence-electron chi connectivity index (χ3n) is 5.41. The number of rotatable bonds is 10. The smallest absolute Gasteiger partial charge is 0.261 e. The lowest BCUT2D eigenvalue weighted by molar-refractivity contribution is -0.143. The molecular formula is C27H38N2O4. The van der Waals surface area contributed by atoms with Gasteiger partial charge in [0.25, 0.3) is 5.91 Å². The monoisotopic (exact) mass is 454 g/mol. The van der Waals surface area contributed by atoms with Crippen LogP contribution >= 0.6 is 0 Å². The van der Waals surface area contributed by atoms with Crippen LogP contribution in [0.25, 0.3) is 0 Å². The molecule has 1 unspecified atom stereocenters. The number of hydrogen-bond donors (Lipinski definition) is 1. The van der Waals surface area contributed by atoms with E-state index >= 15 is 0 Å². The number of amides is 2. The molecule has 2 amide bonds.